The van der Waals surface area contributed by atoms with Gasteiger partial charge in [0.2, 0.25) is 0 Å². The van der Waals surface area contributed by atoms with Crippen LogP contribution in [0, 0.1) is 0 Å². The zero-order valence-corrected chi connectivity index (χ0v) is 8.89. The monoisotopic (exact) mass is 265 g/mol. The number of hydrogen-bond acceptors (Lipinski definition) is 5. The fourth-order valence-electron chi connectivity index (χ4n) is 0.653. The van der Waals surface area contributed by atoms with Crippen molar-refractivity contribution in [3.05, 3.63) is 15.5 Å². The number of aromatic nitrogens is 2. The van der Waals surface area contributed by atoms with Crippen LogP contribution in [0.25, 0.3) is 0 Å². The molecule has 0 saturated heterocycles. The first-order valence-electron chi connectivity index (χ1n) is 3.13. The Morgan fingerprint density at radius 2 is 2.23 bits per heavy atom. The molecule has 2 N–H and O–H groups in total. The van der Waals surface area contributed by atoms with E-state index in [-0.39, 0.29) is 21.3 Å². The highest BCUT2D eigenvalue weighted by Gasteiger charge is 2.15. The Kier molecular flexibility index (Phi) is 3.05. The molecule has 7 heteroatoms. The number of rotatable bonds is 1. The fraction of sp³-hybridized carbons (Fsp3) is 0.167. The summed E-state index contributed by atoms with van der Waals surface area (Å²) in [6, 6.07) is 0. The molecule has 0 unspecified atom stereocenters. The van der Waals surface area contributed by atoms with Gasteiger partial charge < -0.3 is 10.5 Å². The van der Waals surface area contributed by atoms with Crippen LogP contribution in [0.5, 0.6) is 0 Å². The third-order valence-electron chi connectivity index (χ3n) is 1.22. The molecule has 1 rings (SSSR count). The Hall–Kier alpha value is -0.880. The van der Waals surface area contributed by atoms with E-state index in [9.17, 15) is 4.79 Å². The largest absolute Gasteiger partial charge is 0.464 e. The molecule has 13 heavy (non-hydrogen) atoms. The van der Waals surface area contributed by atoms with E-state index in [1.54, 1.807) is 0 Å². The van der Waals surface area contributed by atoms with Crippen molar-refractivity contribution < 1.29 is 9.53 Å². The van der Waals surface area contributed by atoms with Gasteiger partial charge in [-0.1, -0.05) is 11.6 Å². The highest BCUT2D eigenvalue weighted by molar-refractivity contribution is 9.10. The number of nitrogen functional groups attached to an aromatic ring is 1. The summed E-state index contributed by atoms with van der Waals surface area (Å²) in [7, 11) is 1.23. The van der Waals surface area contributed by atoms with Gasteiger partial charge in [0.05, 0.1) is 7.11 Å². The molecule has 0 spiro atoms. The minimum atomic E-state index is -0.651. The first kappa shape index (κ1) is 10.2. The molecular formula is C6H5BrClN3O2. The molecule has 0 amide bonds. The number of halogens is 2. The van der Waals surface area contributed by atoms with Crippen LogP contribution < -0.4 is 5.73 Å². The molecule has 0 aliphatic carbocycles. The predicted molar refractivity (Wildman–Crippen MR) is 50.5 cm³/mol. The zero-order valence-electron chi connectivity index (χ0n) is 6.54. The van der Waals surface area contributed by atoms with Gasteiger partial charge in [-0.3, -0.25) is 0 Å². The third-order valence-corrected chi connectivity index (χ3v) is 2.26. The van der Waals surface area contributed by atoms with Gasteiger partial charge in [0.25, 0.3) is 0 Å². The van der Waals surface area contributed by atoms with Crippen LogP contribution in [0.4, 0.5) is 5.82 Å². The Bertz CT molecular complexity index is 358. The van der Waals surface area contributed by atoms with Gasteiger partial charge in [-0.25, -0.2) is 14.8 Å². The van der Waals surface area contributed by atoms with Crippen LogP contribution in [-0.2, 0) is 4.74 Å². The van der Waals surface area contributed by atoms with E-state index in [4.69, 9.17) is 17.3 Å². The number of nitrogens with two attached hydrogens (primary N) is 1. The standard InChI is InChI=1S/C6H5BrClN3O2/c1-13-6(12)2-5(9)11-4(8)3(7)10-2/h1H3,(H2,9,11). The normalized spacial score (nSPS) is 9.77. The quantitative estimate of drug-likeness (QED) is 0.774. The number of hydrogen-bond donors (Lipinski definition) is 1. The number of ether oxygens (including phenoxy) is 1. The number of anilines is 1. The fourth-order valence-corrected chi connectivity index (χ4v) is 1.05. The van der Waals surface area contributed by atoms with E-state index in [1.165, 1.54) is 7.11 Å². The highest BCUT2D eigenvalue weighted by Crippen LogP contribution is 2.20. The maximum Gasteiger partial charge on any atom is 0.360 e. The smallest absolute Gasteiger partial charge is 0.360 e. The molecule has 0 bridgehead atoms. The summed E-state index contributed by atoms with van der Waals surface area (Å²) in [6.07, 6.45) is 0. The summed E-state index contributed by atoms with van der Waals surface area (Å²) < 4.78 is 4.68. The number of nitrogens with zero attached hydrogens (tertiary/aromatic N) is 2. The average molecular weight is 266 g/mol. The van der Waals surface area contributed by atoms with Crippen LogP contribution in [0.1, 0.15) is 10.5 Å². The number of carbonyl (C=O) groups is 1. The van der Waals surface area contributed by atoms with E-state index >= 15 is 0 Å². The van der Waals surface area contributed by atoms with Crippen LogP contribution in [-0.4, -0.2) is 23.0 Å². The van der Waals surface area contributed by atoms with Crippen LogP contribution in [0.15, 0.2) is 4.60 Å². The molecule has 0 aliphatic rings. The Labute approximate surface area is 87.4 Å². The van der Waals surface area contributed by atoms with Crippen molar-refractivity contribution in [1.82, 2.24) is 9.97 Å². The van der Waals surface area contributed by atoms with Crippen molar-refractivity contribution in [2.24, 2.45) is 0 Å². The minimum Gasteiger partial charge on any atom is -0.464 e. The van der Waals surface area contributed by atoms with Crippen molar-refractivity contribution in [1.29, 1.82) is 0 Å². The summed E-state index contributed by atoms with van der Waals surface area (Å²) in [5, 5.41) is 0.102. The number of esters is 1. The Balaban J connectivity index is 3.23. The van der Waals surface area contributed by atoms with Gasteiger partial charge >= 0.3 is 5.97 Å². The van der Waals surface area contributed by atoms with Crippen molar-refractivity contribution in [3.8, 4) is 0 Å². The first-order valence-corrected chi connectivity index (χ1v) is 4.30. The summed E-state index contributed by atoms with van der Waals surface area (Å²) in [5.41, 5.74) is 5.33. The highest BCUT2D eigenvalue weighted by atomic mass is 79.9. The van der Waals surface area contributed by atoms with E-state index in [1.807, 2.05) is 0 Å². The van der Waals surface area contributed by atoms with Gasteiger partial charge in [-0.05, 0) is 15.9 Å². The molecule has 1 heterocycles. The summed E-state index contributed by atoms with van der Waals surface area (Å²) in [4.78, 5) is 18.5. The lowest BCUT2D eigenvalue weighted by atomic mass is 10.4. The third kappa shape index (κ3) is 2.07. The number of carbonyl (C=O) groups excluding carboxylic acids is 1. The van der Waals surface area contributed by atoms with E-state index in [2.05, 4.69) is 30.6 Å². The van der Waals surface area contributed by atoms with E-state index in [0.29, 0.717) is 0 Å². The molecule has 0 aromatic carbocycles. The second kappa shape index (κ2) is 3.89. The van der Waals surface area contributed by atoms with Crippen molar-refractivity contribution in [2.45, 2.75) is 0 Å². The lowest BCUT2D eigenvalue weighted by Gasteiger charge is -2.02. The maximum atomic E-state index is 11.0. The van der Waals surface area contributed by atoms with Gasteiger partial charge in [0, 0.05) is 0 Å². The average Bonchev–Trinajstić information content (AvgIpc) is 2.10. The second-order valence-electron chi connectivity index (χ2n) is 2.03. The zero-order chi connectivity index (χ0) is 10.0. The Morgan fingerprint density at radius 3 is 2.77 bits per heavy atom. The maximum absolute atomic E-state index is 11.0. The lowest BCUT2D eigenvalue weighted by molar-refractivity contribution is 0.0594. The van der Waals surface area contributed by atoms with Gasteiger partial charge in [-0.2, -0.15) is 0 Å². The van der Waals surface area contributed by atoms with E-state index < -0.39 is 5.97 Å². The molecule has 1 aromatic heterocycles. The summed E-state index contributed by atoms with van der Waals surface area (Å²) >= 11 is 8.59. The molecule has 0 aliphatic heterocycles. The molecular weight excluding hydrogens is 261 g/mol. The van der Waals surface area contributed by atoms with Crippen molar-refractivity contribution in [3.63, 3.8) is 0 Å². The molecule has 0 fully saturated rings. The molecule has 70 valence electrons. The topological polar surface area (TPSA) is 78.1 Å². The molecule has 0 saturated carbocycles. The molecule has 0 radical (unpaired) electrons. The molecule has 1 aromatic rings. The van der Waals surface area contributed by atoms with E-state index in [0.717, 1.165) is 0 Å². The van der Waals surface area contributed by atoms with Crippen LogP contribution in [0.3, 0.4) is 0 Å². The SMILES string of the molecule is COC(=O)c1nc(Br)c(Cl)nc1N. The molecule has 5 nitrogen and oxygen atoms in total. The van der Waals surface area contributed by atoms with Gasteiger partial charge in [-0.15, -0.1) is 0 Å². The van der Waals surface area contributed by atoms with Gasteiger partial charge in [0.1, 0.15) is 4.60 Å². The lowest BCUT2D eigenvalue weighted by Crippen LogP contribution is -2.10. The minimum absolute atomic E-state index is 0.0555. The van der Waals surface area contributed by atoms with Crippen LogP contribution in [0.2, 0.25) is 5.15 Å². The Morgan fingerprint density at radius 1 is 1.62 bits per heavy atom. The number of methoxy groups -OCH3 is 1. The first-order chi connectivity index (χ1) is 6.06. The summed E-state index contributed by atoms with van der Waals surface area (Å²) in [5.74, 6) is -0.706. The predicted octanol–water partition coefficient (Wildman–Crippen LogP) is 1.26. The van der Waals surface area contributed by atoms with Crippen molar-refractivity contribution in [2.75, 3.05) is 12.8 Å². The second-order valence-corrected chi connectivity index (χ2v) is 3.14. The van der Waals surface area contributed by atoms with Crippen molar-refractivity contribution >= 4 is 39.3 Å². The molecule has 0 atom stereocenters. The summed E-state index contributed by atoms with van der Waals surface area (Å²) in [6.45, 7) is 0. The van der Waals surface area contributed by atoms with Gasteiger partial charge in [0.15, 0.2) is 16.7 Å². The van der Waals surface area contributed by atoms with Crippen LogP contribution >= 0.6 is 27.5 Å².